The predicted octanol–water partition coefficient (Wildman–Crippen LogP) is 3.91. The second kappa shape index (κ2) is 9.04. The Labute approximate surface area is 155 Å². The Morgan fingerprint density at radius 1 is 1.04 bits per heavy atom. The molecule has 26 heavy (non-hydrogen) atoms. The van der Waals surface area contributed by atoms with E-state index in [4.69, 9.17) is 9.47 Å². The molecule has 138 valence electrons. The van der Waals surface area contributed by atoms with Gasteiger partial charge >= 0.3 is 0 Å². The van der Waals surface area contributed by atoms with Crippen LogP contribution in [0, 0.1) is 0 Å². The number of ether oxygens (including phenoxy) is 2. The van der Waals surface area contributed by atoms with E-state index < -0.39 is 0 Å². The fraction of sp³-hybridized carbons (Fsp3) is 0.333. The molecular weight excluding hydrogens is 328 g/mol. The smallest absolute Gasteiger partial charge is 0.277 e. The van der Waals surface area contributed by atoms with Gasteiger partial charge in [-0.2, -0.15) is 5.10 Å². The van der Waals surface area contributed by atoms with Crippen LogP contribution in [0.15, 0.2) is 53.6 Å². The maximum atomic E-state index is 11.9. The Bertz CT molecular complexity index is 747. The summed E-state index contributed by atoms with van der Waals surface area (Å²) in [5.74, 6) is 0.815. The van der Waals surface area contributed by atoms with Crippen molar-refractivity contribution in [2.24, 2.45) is 5.10 Å². The van der Waals surface area contributed by atoms with Gasteiger partial charge in [-0.25, -0.2) is 5.43 Å². The van der Waals surface area contributed by atoms with Crippen LogP contribution in [0.25, 0.3) is 0 Å². The number of hydrazone groups is 1. The molecule has 0 saturated heterocycles. The summed E-state index contributed by atoms with van der Waals surface area (Å²) in [5, 5.41) is 3.97. The predicted molar refractivity (Wildman–Crippen MR) is 104 cm³/mol. The van der Waals surface area contributed by atoms with Gasteiger partial charge in [-0.3, -0.25) is 4.79 Å². The molecule has 2 aromatic rings. The Balaban J connectivity index is 1.84. The molecule has 1 amide bonds. The van der Waals surface area contributed by atoms with Gasteiger partial charge < -0.3 is 9.47 Å². The highest BCUT2D eigenvalue weighted by molar-refractivity contribution is 5.83. The van der Waals surface area contributed by atoms with Crippen molar-refractivity contribution in [2.75, 3.05) is 13.2 Å². The van der Waals surface area contributed by atoms with Gasteiger partial charge in [0.2, 0.25) is 0 Å². The first-order valence-electron chi connectivity index (χ1n) is 8.67. The number of benzene rings is 2. The lowest BCUT2D eigenvalue weighted by molar-refractivity contribution is -0.123. The highest BCUT2D eigenvalue weighted by atomic mass is 16.5. The number of nitrogens with zero attached hydrogens (tertiary/aromatic N) is 1. The number of amides is 1. The Morgan fingerprint density at radius 3 is 2.23 bits per heavy atom. The van der Waals surface area contributed by atoms with Crippen molar-refractivity contribution in [1.82, 2.24) is 5.43 Å². The SMILES string of the molecule is CCOc1ccccc1OCC(=O)N/N=C/c1ccc(C(C)(C)C)cc1. The lowest BCUT2D eigenvalue weighted by Crippen LogP contribution is -2.24. The number of carbonyl (C=O) groups excluding carboxylic acids is 1. The van der Waals surface area contributed by atoms with E-state index in [0.29, 0.717) is 18.1 Å². The number of hydrogen-bond acceptors (Lipinski definition) is 4. The number of nitrogens with one attached hydrogen (secondary N) is 1. The first kappa shape index (κ1) is 19.5. The van der Waals surface area contributed by atoms with Gasteiger partial charge in [-0.15, -0.1) is 0 Å². The molecule has 0 aromatic heterocycles. The monoisotopic (exact) mass is 354 g/mol. The zero-order valence-corrected chi connectivity index (χ0v) is 15.8. The minimum Gasteiger partial charge on any atom is -0.490 e. The van der Waals surface area contributed by atoms with Crippen molar-refractivity contribution in [3.8, 4) is 11.5 Å². The average molecular weight is 354 g/mol. The van der Waals surface area contributed by atoms with Crippen molar-refractivity contribution in [3.05, 3.63) is 59.7 Å². The largest absolute Gasteiger partial charge is 0.490 e. The average Bonchev–Trinajstić information content (AvgIpc) is 2.61. The second-order valence-electron chi connectivity index (χ2n) is 6.83. The normalized spacial score (nSPS) is 11.4. The van der Waals surface area contributed by atoms with E-state index in [1.165, 1.54) is 5.56 Å². The van der Waals surface area contributed by atoms with Crippen molar-refractivity contribution in [2.45, 2.75) is 33.1 Å². The summed E-state index contributed by atoms with van der Waals surface area (Å²) >= 11 is 0. The molecule has 0 aliphatic carbocycles. The number of hydrogen-bond donors (Lipinski definition) is 1. The molecule has 0 aliphatic heterocycles. The van der Waals surface area contributed by atoms with Gasteiger partial charge in [-0.1, -0.05) is 57.2 Å². The topological polar surface area (TPSA) is 59.9 Å². The van der Waals surface area contributed by atoms with Crippen LogP contribution in [0.5, 0.6) is 11.5 Å². The van der Waals surface area contributed by atoms with Crippen LogP contribution in [-0.2, 0) is 10.2 Å². The highest BCUT2D eigenvalue weighted by Crippen LogP contribution is 2.26. The Hall–Kier alpha value is -2.82. The molecule has 0 spiro atoms. The molecule has 5 nitrogen and oxygen atoms in total. The van der Waals surface area contributed by atoms with E-state index in [-0.39, 0.29) is 17.9 Å². The molecule has 5 heteroatoms. The lowest BCUT2D eigenvalue weighted by Gasteiger charge is -2.18. The van der Waals surface area contributed by atoms with E-state index in [2.05, 4.69) is 43.4 Å². The minimum absolute atomic E-state index is 0.110. The number of carbonyl (C=O) groups is 1. The summed E-state index contributed by atoms with van der Waals surface area (Å²) in [6.07, 6.45) is 1.61. The second-order valence-corrected chi connectivity index (χ2v) is 6.83. The van der Waals surface area contributed by atoms with Gasteiger partial charge in [0.25, 0.3) is 5.91 Å². The molecule has 1 N–H and O–H groups in total. The van der Waals surface area contributed by atoms with Crippen molar-refractivity contribution in [3.63, 3.8) is 0 Å². The van der Waals surface area contributed by atoms with Crippen LogP contribution >= 0.6 is 0 Å². The van der Waals surface area contributed by atoms with Gasteiger partial charge in [0.1, 0.15) is 0 Å². The summed E-state index contributed by atoms with van der Waals surface area (Å²) in [7, 11) is 0. The first-order valence-corrected chi connectivity index (χ1v) is 8.67. The van der Waals surface area contributed by atoms with E-state index in [0.717, 1.165) is 5.56 Å². The zero-order chi connectivity index (χ0) is 19.0. The van der Waals surface area contributed by atoms with Gasteiger partial charge in [0.15, 0.2) is 18.1 Å². The third kappa shape index (κ3) is 5.92. The molecule has 0 heterocycles. The van der Waals surface area contributed by atoms with Crippen molar-refractivity contribution in [1.29, 1.82) is 0 Å². The van der Waals surface area contributed by atoms with Crippen LogP contribution in [-0.4, -0.2) is 25.3 Å². The zero-order valence-electron chi connectivity index (χ0n) is 15.8. The summed E-state index contributed by atoms with van der Waals surface area (Å²) in [4.78, 5) is 11.9. The Kier molecular flexibility index (Phi) is 6.78. The fourth-order valence-corrected chi connectivity index (χ4v) is 2.27. The molecule has 0 atom stereocenters. The van der Waals surface area contributed by atoms with Gasteiger partial charge in [0, 0.05) is 0 Å². The molecule has 0 unspecified atom stereocenters. The maximum absolute atomic E-state index is 11.9. The molecule has 0 saturated carbocycles. The Morgan fingerprint density at radius 2 is 1.65 bits per heavy atom. The third-order valence-electron chi connectivity index (χ3n) is 3.69. The van der Waals surface area contributed by atoms with Gasteiger partial charge in [0.05, 0.1) is 12.8 Å². The van der Waals surface area contributed by atoms with E-state index in [1.54, 1.807) is 18.3 Å². The summed E-state index contributed by atoms with van der Waals surface area (Å²) in [6.45, 7) is 8.79. The summed E-state index contributed by atoms with van der Waals surface area (Å²) < 4.78 is 11.0. The van der Waals surface area contributed by atoms with Crippen LogP contribution in [0.4, 0.5) is 0 Å². The molecular formula is C21H26N2O3. The van der Waals surface area contributed by atoms with E-state index in [9.17, 15) is 4.79 Å². The van der Waals surface area contributed by atoms with Crippen LogP contribution < -0.4 is 14.9 Å². The van der Waals surface area contributed by atoms with E-state index >= 15 is 0 Å². The standard InChI is InChI=1S/C21H26N2O3/c1-5-25-18-8-6-7-9-19(18)26-15-20(24)23-22-14-16-10-12-17(13-11-16)21(2,3)4/h6-14H,5,15H2,1-4H3,(H,23,24)/b22-14+. The molecule has 2 rings (SSSR count). The third-order valence-corrected chi connectivity index (χ3v) is 3.69. The molecule has 0 bridgehead atoms. The van der Waals surface area contributed by atoms with Crippen molar-refractivity contribution >= 4 is 12.1 Å². The molecule has 0 aliphatic rings. The maximum Gasteiger partial charge on any atom is 0.277 e. The summed E-state index contributed by atoms with van der Waals surface area (Å²) in [5.41, 5.74) is 4.74. The first-order chi connectivity index (χ1) is 12.4. The number of rotatable bonds is 7. The van der Waals surface area contributed by atoms with Crippen molar-refractivity contribution < 1.29 is 14.3 Å². The highest BCUT2D eigenvalue weighted by Gasteiger charge is 2.12. The van der Waals surface area contributed by atoms with Crippen LogP contribution in [0.2, 0.25) is 0 Å². The lowest BCUT2D eigenvalue weighted by atomic mass is 9.87. The minimum atomic E-state index is -0.334. The molecule has 0 radical (unpaired) electrons. The van der Waals surface area contributed by atoms with E-state index in [1.807, 2.05) is 31.2 Å². The van der Waals surface area contributed by atoms with Crippen LogP contribution in [0.1, 0.15) is 38.8 Å². The number of para-hydroxylation sites is 2. The molecule has 2 aromatic carbocycles. The molecule has 0 fully saturated rings. The fourth-order valence-electron chi connectivity index (χ4n) is 2.27. The quantitative estimate of drug-likeness (QED) is 0.606. The van der Waals surface area contributed by atoms with Crippen LogP contribution in [0.3, 0.4) is 0 Å². The summed E-state index contributed by atoms with van der Waals surface area (Å²) in [6, 6.07) is 15.3. The van der Waals surface area contributed by atoms with Gasteiger partial charge in [-0.05, 0) is 35.6 Å².